The number of carboxylic acids is 1. The van der Waals surface area contributed by atoms with Crippen molar-refractivity contribution in [1.29, 1.82) is 5.26 Å². The van der Waals surface area contributed by atoms with Crippen molar-refractivity contribution in [3.8, 4) is 11.8 Å². The number of carbonyl (C=O) groups excluding carboxylic acids is 1. The SMILES string of the molecule is CC1(C)C(NC(=O)c2cnc(N3CCN(CCOCCOCC(=O)O)CC3)nc2)C(C)(C)C1Oc1ccc(C#N)c(Cl)c1. The molecule has 2 heterocycles. The Morgan fingerprint density at radius 2 is 1.72 bits per heavy atom. The van der Waals surface area contributed by atoms with E-state index in [0.29, 0.717) is 41.1 Å². The van der Waals surface area contributed by atoms with Gasteiger partial charge in [0.05, 0.1) is 36.0 Å². The van der Waals surface area contributed by atoms with Gasteiger partial charge < -0.3 is 29.5 Å². The Labute approximate surface area is 256 Å². The van der Waals surface area contributed by atoms with Gasteiger partial charge >= 0.3 is 5.97 Å². The summed E-state index contributed by atoms with van der Waals surface area (Å²) in [6, 6.07) is 6.91. The molecule has 43 heavy (non-hydrogen) atoms. The molecule has 1 aliphatic carbocycles. The molecule has 1 saturated heterocycles. The highest BCUT2D eigenvalue weighted by Crippen LogP contribution is 2.55. The molecule has 1 amide bonds. The van der Waals surface area contributed by atoms with Gasteiger partial charge in [-0.2, -0.15) is 5.26 Å². The minimum Gasteiger partial charge on any atom is -0.489 e. The van der Waals surface area contributed by atoms with E-state index in [9.17, 15) is 9.59 Å². The van der Waals surface area contributed by atoms with E-state index in [4.69, 9.17) is 36.2 Å². The van der Waals surface area contributed by atoms with E-state index in [0.717, 1.165) is 32.7 Å². The zero-order chi connectivity index (χ0) is 31.2. The molecule has 0 unspecified atom stereocenters. The van der Waals surface area contributed by atoms with Crippen LogP contribution in [0.25, 0.3) is 0 Å². The van der Waals surface area contributed by atoms with E-state index in [1.807, 2.05) is 0 Å². The minimum atomic E-state index is -0.991. The number of nitriles is 1. The van der Waals surface area contributed by atoms with E-state index in [1.54, 1.807) is 30.6 Å². The van der Waals surface area contributed by atoms with Gasteiger partial charge in [-0.3, -0.25) is 9.69 Å². The smallest absolute Gasteiger partial charge is 0.329 e. The van der Waals surface area contributed by atoms with Crippen LogP contribution >= 0.6 is 11.6 Å². The molecule has 12 nitrogen and oxygen atoms in total. The third kappa shape index (κ3) is 7.72. The van der Waals surface area contributed by atoms with Gasteiger partial charge in [0.15, 0.2) is 0 Å². The first-order chi connectivity index (χ1) is 20.4. The molecule has 1 aliphatic heterocycles. The molecule has 1 saturated carbocycles. The van der Waals surface area contributed by atoms with Crippen LogP contribution in [0.4, 0.5) is 5.95 Å². The molecule has 2 aliphatic rings. The number of nitrogens with one attached hydrogen (secondary N) is 1. The lowest BCUT2D eigenvalue weighted by atomic mass is 9.49. The number of ether oxygens (including phenoxy) is 3. The van der Waals surface area contributed by atoms with E-state index in [2.05, 4.69) is 58.8 Å². The number of piperazine rings is 1. The number of benzene rings is 1. The Balaban J connectivity index is 1.23. The molecule has 0 bridgehead atoms. The molecule has 1 aromatic heterocycles. The maximum absolute atomic E-state index is 13.2. The standard InChI is InChI=1S/C30H39ClN6O6/c1-29(2)26(30(3,4)27(29)43-22-6-5-20(16-32)23(31)15-22)35-25(40)21-17-33-28(34-18-21)37-9-7-36(8-10-37)11-12-41-13-14-42-19-24(38)39/h5-6,15,17-18,26-27H,7-14,19H2,1-4H3,(H,35,40)(H,38,39). The van der Waals surface area contributed by atoms with Crippen LogP contribution in [0.1, 0.15) is 43.6 Å². The van der Waals surface area contributed by atoms with Crippen LogP contribution in [0, 0.1) is 22.2 Å². The maximum Gasteiger partial charge on any atom is 0.329 e. The maximum atomic E-state index is 13.2. The highest BCUT2D eigenvalue weighted by Gasteiger charge is 2.64. The third-order valence-electron chi connectivity index (χ3n) is 8.13. The number of amides is 1. The molecule has 0 atom stereocenters. The number of halogens is 1. The predicted octanol–water partition coefficient (Wildman–Crippen LogP) is 2.85. The fourth-order valence-electron chi connectivity index (χ4n) is 6.16. The number of carboxylic acid groups (broad SMARTS) is 1. The molecule has 1 aromatic carbocycles. The van der Waals surface area contributed by atoms with Crippen LogP contribution in [0.2, 0.25) is 5.02 Å². The number of hydrogen-bond acceptors (Lipinski definition) is 10. The van der Waals surface area contributed by atoms with E-state index in [1.165, 1.54) is 0 Å². The molecular formula is C30H39ClN6O6. The van der Waals surface area contributed by atoms with Crippen molar-refractivity contribution in [2.24, 2.45) is 10.8 Å². The Morgan fingerprint density at radius 3 is 2.33 bits per heavy atom. The zero-order valence-corrected chi connectivity index (χ0v) is 25.8. The highest BCUT2D eigenvalue weighted by molar-refractivity contribution is 6.31. The van der Waals surface area contributed by atoms with Crippen molar-refractivity contribution < 1.29 is 28.9 Å². The monoisotopic (exact) mass is 614 g/mol. The van der Waals surface area contributed by atoms with Gasteiger partial charge in [0.2, 0.25) is 5.95 Å². The van der Waals surface area contributed by atoms with Crippen LogP contribution in [-0.2, 0) is 14.3 Å². The fourth-order valence-corrected chi connectivity index (χ4v) is 6.37. The van der Waals surface area contributed by atoms with Crippen LogP contribution in [0.3, 0.4) is 0 Å². The number of hydrogen-bond donors (Lipinski definition) is 2. The van der Waals surface area contributed by atoms with E-state index in [-0.39, 0.29) is 42.1 Å². The third-order valence-corrected chi connectivity index (χ3v) is 8.45. The molecule has 2 N–H and O–H groups in total. The van der Waals surface area contributed by atoms with Gasteiger partial charge in [-0.1, -0.05) is 39.3 Å². The summed E-state index contributed by atoms with van der Waals surface area (Å²) >= 11 is 6.19. The molecule has 0 spiro atoms. The quantitative estimate of drug-likeness (QED) is 0.321. The highest BCUT2D eigenvalue weighted by atomic mass is 35.5. The van der Waals surface area contributed by atoms with Crippen LogP contribution < -0.4 is 15.0 Å². The second-order valence-electron chi connectivity index (χ2n) is 12.0. The Kier molecular flexibility index (Phi) is 10.4. The summed E-state index contributed by atoms with van der Waals surface area (Å²) < 4.78 is 16.8. The molecule has 13 heteroatoms. The van der Waals surface area contributed by atoms with Crippen molar-refractivity contribution in [1.82, 2.24) is 20.2 Å². The molecule has 2 fully saturated rings. The van der Waals surface area contributed by atoms with Crippen LogP contribution in [0.15, 0.2) is 30.6 Å². The Bertz CT molecular complexity index is 1310. The summed E-state index contributed by atoms with van der Waals surface area (Å²) in [5, 5.41) is 21.2. The summed E-state index contributed by atoms with van der Waals surface area (Å²) in [6.45, 7) is 13.0. The molecule has 2 aromatic rings. The van der Waals surface area contributed by atoms with Crippen molar-refractivity contribution in [2.75, 3.05) is 64.1 Å². The zero-order valence-electron chi connectivity index (χ0n) is 25.0. The number of rotatable bonds is 13. The number of anilines is 1. The van der Waals surface area contributed by atoms with Crippen molar-refractivity contribution in [3.05, 3.63) is 46.7 Å². The largest absolute Gasteiger partial charge is 0.489 e. The minimum absolute atomic E-state index is 0.166. The van der Waals surface area contributed by atoms with Gasteiger partial charge in [-0.25, -0.2) is 14.8 Å². The molecular weight excluding hydrogens is 576 g/mol. The van der Waals surface area contributed by atoms with Gasteiger partial charge in [-0.05, 0) is 12.1 Å². The van der Waals surface area contributed by atoms with E-state index < -0.39 is 5.97 Å². The Morgan fingerprint density at radius 1 is 1.07 bits per heavy atom. The Hall–Kier alpha value is -3.50. The first-order valence-corrected chi connectivity index (χ1v) is 14.6. The van der Waals surface area contributed by atoms with Crippen LogP contribution in [0.5, 0.6) is 5.75 Å². The lowest BCUT2D eigenvalue weighted by molar-refractivity contribution is -0.164. The first kappa shape index (κ1) is 32.4. The number of aromatic nitrogens is 2. The molecule has 232 valence electrons. The van der Waals surface area contributed by atoms with Gasteiger partial charge in [0.1, 0.15) is 24.5 Å². The number of carbonyl (C=O) groups is 2. The summed E-state index contributed by atoms with van der Waals surface area (Å²) in [7, 11) is 0. The van der Waals surface area contributed by atoms with Crippen molar-refractivity contribution >= 4 is 29.4 Å². The van der Waals surface area contributed by atoms with Gasteiger partial charge in [0.25, 0.3) is 5.91 Å². The summed E-state index contributed by atoms with van der Waals surface area (Å²) in [6.07, 6.45) is 2.93. The second kappa shape index (κ2) is 13.9. The lowest BCUT2D eigenvalue weighted by Crippen LogP contribution is -2.74. The van der Waals surface area contributed by atoms with Crippen molar-refractivity contribution in [2.45, 2.75) is 39.8 Å². The van der Waals surface area contributed by atoms with Gasteiger partial charge in [0, 0.05) is 68.1 Å². The second-order valence-corrected chi connectivity index (χ2v) is 12.4. The lowest BCUT2D eigenvalue weighted by Gasteiger charge is -2.63. The van der Waals surface area contributed by atoms with Crippen LogP contribution in [-0.4, -0.2) is 103 Å². The van der Waals surface area contributed by atoms with Crippen molar-refractivity contribution in [3.63, 3.8) is 0 Å². The average Bonchev–Trinajstić information content (AvgIpc) is 2.98. The normalized spacial score (nSPS) is 21.0. The predicted molar refractivity (Wildman–Crippen MR) is 159 cm³/mol. The van der Waals surface area contributed by atoms with E-state index >= 15 is 0 Å². The molecule has 4 rings (SSSR count). The number of aliphatic carboxylic acids is 1. The summed E-state index contributed by atoms with van der Waals surface area (Å²) in [5.41, 5.74) is 0.0304. The molecule has 0 radical (unpaired) electrons. The summed E-state index contributed by atoms with van der Waals surface area (Å²) in [4.78, 5) is 37.0. The fraction of sp³-hybridized carbons (Fsp3) is 0.567. The summed E-state index contributed by atoms with van der Waals surface area (Å²) in [5.74, 6) is -0.0642. The first-order valence-electron chi connectivity index (χ1n) is 14.3. The van der Waals surface area contributed by atoms with Gasteiger partial charge in [-0.15, -0.1) is 0 Å². The number of nitrogens with zero attached hydrogens (tertiary/aromatic N) is 5. The average molecular weight is 615 g/mol. The topological polar surface area (TPSA) is 150 Å².